The third-order valence-electron chi connectivity index (χ3n) is 4.51. The van der Waals surface area contributed by atoms with Crippen LogP contribution < -0.4 is 10.1 Å². The highest BCUT2D eigenvalue weighted by Crippen LogP contribution is 2.14. The van der Waals surface area contributed by atoms with Gasteiger partial charge in [-0.15, -0.1) is 11.3 Å². The van der Waals surface area contributed by atoms with Crippen molar-refractivity contribution >= 4 is 23.2 Å². The summed E-state index contributed by atoms with van der Waals surface area (Å²) in [6.45, 7) is 6.48. The number of thiophene rings is 1. The second-order valence-electron chi connectivity index (χ2n) is 6.48. The Hall–Kier alpha value is -2.38. The largest absolute Gasteiger partial charge is 0.492 e. The Morgan fingerprint density at radius 1 is 1.07 bits per heavy atom. The molecule has 1 aromatic heterocycles. The van der Waals surface area contributed by atoms with Crippen molar-refractivity contribution in [2.45, 2.75) is 6.92 Å². The Morgan fingerprint density at radius 2 is 1.81 bits per heavy atom. The van der Waals surface area contributed by atoms with E-state index in [-0.39, 0.29) is 18.4 Å². The van der Waals surface area contributed by atoms with E-state index >= 15 is 0 Å². The molecule has 3 rings (SSSR count). The van der Waals surface area contributed by atoms with Crippen LogP contribution in [-0.4, -0.2) is 67.5 Å². The van der Waals surface area contributed by atoms with Gasteiger partial charge in [0.2, 0.25) is 5.91 Å². The maximum Gasteiger partial charge on any atom is 0.261 e. The van der Waals surface area contributed by atoms with Crippen LogP contribution in [0.1, 0.15) is 14.5 Å². The monoisotopic (exact) mass is 387 g/mol. The molecule has 0 atom stereocenters. The van der Waals surface area contributed by atoms with Gasteiger partial charge >= 0.3 is 0 Å². The Bertz CT molecular complexity index is 755. The fourth-order valence-electron chi connectivity index (χ4n) is 2.94. The van der Waals surface area contributed by atoms with E-state index in [0.717, 1.165) is 30.3 Å². The van der Waals surface area contributed by atoms with Crippen LogP contribution in [0.4, 0.5) is 0 Å². The standard InChI is InChI=1S/C20H25N3O3S/c1-16-7-8-18(27-16)20(25)21-15-19(24)23-11-9-22(10-12-23)13-14-26-17-5-3-2-4-6-17/h2-8H,9-15H2,1H3,(H,21,25). The fourth-order valence-corrected chi connectivity index (χ4v) is 3.73. The number of nitrogens with one attached hydrogen (secondary N) is 1. The minimum absolute atomic E-state index is 0.0307. The van der Waals surface area contributed by atoms with Crippen molar-refractivity contribution in [1.29, 1.82) is 0 Å². The van der Waals surface area contributed by atoms with Gasteiger partial charge in [0.15, 0.2) is 0 Å². The van der Waals surface area contributed by atoms with Gasteiger partial charge < -0.3 is 15.0 Å². The average Bonchev–Trinajstić information content (AvgIpc) is 3.14. The Labute approximate surface area is 163 Å². The first-order chi connectivity index (χ1) is 13.1. The summed E-state index contributed by atoms with van der Waals surface area (Å²) in [5, 5.41) is 2.72. The summed E-state index contributed by atoms with van der Waals surface area (Å²) in [7, 11) is 0. The molecule has 0 unspecified atom stereocenters. The summed E-state index contributed by atoms with van der Waals surface area (Å²) in [5.74, 6) is 0.665. The van der Waals surface area contributed by atoms with Crippen LogP contribution in [0.2, 0.25) is 0 Å². The van der Waals surface area contributed by atoms with Gasteiger partial charge in [0.25, 0.3) is 5.91 Å². The molecule has 6 nitrogen and oxygen atoms in total. The summed E-state index contributed by atoms with van der Waals surface area (Å²) in [5.41, 5.74) is 0. The van der Waals surface area contributed by atoms with E-state index in [4.69, 9.17) is 4.74 Å². The highest BCUT2D eigenvalue weighted by Gasteiger charge is 2.21. The lowest BCUT2D eigenvalue weighted by Crippen LogP contribution is -2.51. The van der Waals surface area contributed by atoms with Gasteiger partial charge in [-0.05, 0) is 31.2 Å². The number of piperazine rings is 1. The van der Waals surface area contributed by atoms with Gasteiger partial charge in [0.05, 0.1) is 11.4 Å². The number of benzene rings is 1. The Balaban J connectivity index is 1.33. The molecule has 1 saturated heterocycles. The SMILES string of the molecule is Cc1ccc(C(=O)NCC(=O)N2CCN(CCOc3ccccc3)CC2)s1. The number of nitrogens with zero attached hydrogens (tertiary/aromatic N) is 2. The molecule has 1 aliphatic heterocycles. The highest BCUT2D eigenvalue weighted by atomic mass is 32.1. The normalized spacial score (nSPS) is 14.8. The van der Waals surface area contributed by atoms with E-state index in [9.17, 15) is 9.59 Å². The van der Waals surface area contributed by atoms with Crippen molar-refractivity contribution < 1.29 is 14.3 Å². The molecule has 0 bridgehead atoms. The molecule has 1 aliphatic rings. The summed E-state index contributed by atoms with van der Waals surface area (Å²) >= 11 is 1.43. The van der Waals surface area contributed by atoms with Crippen LogP contribution in [0.25, 0.3) is 0 Å². The summed E-state index contributed by atoms with van der Waals surface area (Å²) in [6.07, 6.45) is 0. The number of ether oxygens (including phenoxy) is 1. The van der Waals surface area contributed by atoms with E-state index in [0.29, 0.717) is 24.6 Å². The second-order valence-corrected chi connectivity index (χ2v) is 7.76. The molecule has 0 spiro atoms. The number of amides is 2. The minimum atomic E-state index is -0.182. The molecule has 1 N–H and O–H groups in total. The molecule has 0 radical (unpaired) electrons. The zero-order valence-corrected chi connectivity index (χ0v) is 16.3. The molecule has 1 aromatic carbocycles. The van der Waals surface area contributed by atoms with Gasteiger partial charge in [0.1, 0.15) is 12.4 Å². The van der Waals surface area contributed by atoms with Crippen molar-refractivity contribution in [1.82, 2.24) is 15.1 Å². The molecule has 7 heteroatoms. The van der Waals surface area contributed by atoms with Crippen molar-refractivity contribution in [3.8, 4) is 5.75 Å². The molecule has 27 heavy (non-hydrogen) atoms. The summed E-state index contributed by atoms with van der Waals surface area (Å²) in [6, 6.07) is 13.5. The number of carbonyl (C=O) groups is 2. The molecular weight excluding hydrogens is 362 g/mol. The van der Waals surface area contributed by atoms with Gasteiger partial charge in [-0.1, -0.05) is 18.2 Å². The van der Waals surface area contributed by atoms with E-state index in [1.807, 2.05) is 48.2 Å². The van der Waals surface area contributed by atoms with Crippen molar-refractivity contribution in [3.63, 3.8) is 0 Å². The van der Waals surface area contributed by atoms with E-state index in [1.165, 1.54) is 11.3 Å². The molecule has 0 aliphatic carbocycles. The number of aryl methyl sites for hydroxylation is 1. The summed E-state index contributed by atoms with van der Waals surface area (Å²) in [4.78, 5) is 30.2. The van der Waals surface area contributed by atoms with Crippen LogP contribution in [0.5, 0.6) is 5.75 Å². The number of carbonyl (C=O) groups excluding carboxylic acids is 2. The van der Waals surface area contributed by atoms with Crippen LogP contribution in [0.15, 0.2) is 42.5 Å². The molecule has 2 heterocycles. The smallest absolute Gasteiger partial charge is 0.261 e. The van der Waals surface area contributed by atoms with E-state index < -0.39 is 0 Å². The van der Waals surface area contributed by atoms with Gasteiger partial charge in [-0.2, -0.15) is 0 Å². The van der Waals surface area contributed by atoms with Gasteiger partial charge in [-0.25, -0.2) is 0 Å². The minimum Gasteiger partial charge on any atom is -0.492 e. The Kier molecular flexibility index (Phi) is 6.84. The first-order valence-electron chi connectivity index (χ1n) is 9.14. The van der Waals surface area contributed by atoms with Gasteiger partial charge in [0, 0.05) is 37.6 Å². The van der Waals surface area contributed by atoms with Crippen LogP contribution in [0, 0.1) is 6.92 Å². The van der Waals surface area contributed by atoms with Crippen molar-refractivity contribution in [2.24, 2.45) is 0 Å². The maximum atomic E-state index is 12.3. The molecule has 0 saturated carbocycles. The van der Waals surface area contributed by atoms with Gasteiger partial charge in [-0.3, -0.25) is 14.5 Å². The first-order valence-corrected chi connectivity index (χ1v) is 9.96. The molecule has 2 aromatic rings. The average molecular weight is 388 g/mol. The van der Waals surface area contributed by atoms with E-state index in [2.05, 4.69) is 10.2 Å². The topological polar surface area (TPSA) is 61.9 Å². The Morgan fingerprint density at radius 3 is 2.48 bits per heavy atom. The van der Waals surface area contributed by atoms with Crippen molar-refractivity contribution in [2.75, 3.05) is 45.9 Å². The quantitative estimate of drug-likeness (QED) is 0.790. The van der Waals surface area contributed by atoms with Crippen molar-refractivity contribution in [3.05, 3.63) is 52.2 Å². The number of hydrogen-bond donors (Lipinski definition) is 1. The lowest BCUT2D eigenvalue weighted by molar-refractivity contribution is -0.131. The maximum absolute atomic E-state index is 12.3. The molecule has 1 fully saturated rings. The predicted molar refractivity (Wildman–Crippen MR) is 106 cm³/mol. The lowest BCUT2D eigenvalue weighted by atomic mass is 10.3. The number of rotatable bonds is 7. The van der Waals surface area contributed by atoms with Crippen LogP contribution >= 0.6 is 11.3 Å². The molecular formula is C20H25N3O3S. The molecule has 144 valence electrons. The summed E-state index contributed by atoms with van der Waals surface area (Å²) < 4.78 is 5.72. The third-order valence-corrected chi connectivity index (χ3v) is 5.51. The lowest BCUT2D eigenvalue weighted by Gasteiger charge is -2.34. The number of hydrogen-bond acceptors (Lipinski definition) is 5. The predicted octanol–water partition coefficient (Wildman–Crippen LogP) is 2.01. The van der Waals surface area contributed by atoms with Crippen LogP contribution in [-0.2, 0) is 4.79 Å². The highest BCUT2D eigenvalue weighted by molar-refractivity contribution is 7.13. The number of para-hydroxylation sites is 1. The fraction of sp³-hybridized carbons (Fsp3) is 0.400. The zero-order chi connectivity index (χ0) is 19.1. The molecule has 2 amide bonds. The third kappa shape index (κ3) is 5.80. The van der Waals surface area contributed by atoms with E-state index in [1.54, 1.807) is 6.07 Å². The second kappa shape index (κ2) is 9.53. The van der Waals surface area contributed by atoms with Crippen LogP contribution in [0.3, 0.4) is 0 Å². The first kappa shape index (κ1) is 19.4. The zero-order valence-electron chi connectivity index (χ0n) is 15.5.